The van der Waals surface area contributed by atoms with Crippen LogP contribution in [0.4, 0.5) is 18.3 Å². The van der Waals surface area contributed by atoms with Crippen molar-refractivity contribution in [2.24, 2.45) is 0 Å². The Morgan fingerprint density at radius 3 is 2.33 bits per heavy atom. The Morgan fingerprint density at radius 1 is 1.17 bits per heavy atom. The van der Waals surface area contributed by atoms with E-state index in [1.807, 2.05) is 0 Å². The summed E-state index contributed by atoms with van der Waals surface area (Å²) in [5.74, 6) is -3.44. The molecule has 1 atom stereocenters. The lowest BCUT2D eigenvalue weighted by molar-refractivity contribution is 0.488. The molecule has 0 bridgehead atoms. The maximum Gasteiger partial charge on any atom is 0.180 e. The van der Waals surface area contributed by atoms with E-state index in [1.165, 1.54) is 11.3 Å². The summed E-state index contributed by atoms with van der Waals surface area (Å²) >= 11 is 1.22. The summed E-state index contributed by atoms with van der Waals surface area (Å²) in [5, 5.41) is 0.373. The standard InChI is InChI=1S/C12H11F3N2S/c1-5(11-6(2)17-12(16)18-11)7-3-9(14)10(15)4-8(7)13/h3-5H,1-2H3,(H2,16,17). The summed E-state index contributed by atoms with van der Waals surface area (Å²) in [4.78, 5) is 4.78. The van der Waals surface area contributed by atoms with Crippen LogP contribution in [-0.4, -0.2) is 4.98 Å². The molecule has 96 valence electrons. The van der Waals surface area contributed by atoms with Crippen molar-refractivity contribution in [1.29, 1.82) is 0 Å². The van der Waals surface area contributed by atoms with Crippen LogP contribution in [0.1, 0.15) is 29.0 Å². The predicted octanol–water partition coefficient (Wildman–Crippen LogP) is 3.60. The van der Waals surface area contributed by atoms with Crippen LogP contribution in [0.5, 0.6) is 0 Å². The molecule has 0 aliphatic carbocycles. The molecule has 0 saturated carbocycles. The zero-order valence-electron chi connectivity index (χ0n) is 9.80. The Hall–Kier alpha value is -1.56. The number of hydrogen-bond donors (Lipinski definition) is 1. The van der Waals surface area contributed by atoms with E-state index in [4.69, 9.17) is 5.73 Å². The van der Waals surface area contributed by atoms with Crippen LogP contribution in [0, 0.1) is 24.4 Å². The minimum Gasteiger partial charge on any atom is -0.375 e. The lowest BCUT2D eigenvalue weighted by Gasteiger charge is -2.12. The van der Waals surface area contributed by atoms with Gasteiger partial charge in [-0.3, -0.25) is 0 Å². The second-order valence-corrected chi connectivity index (χ2v) is 5.07. The highest BCUT2D eigenvalue weighted by atomic mass is 32.1. The van der Waals surface area contributed by atoms with Gasteiger partial charge in [-0.25, -0.2) is 18.2 Å². The normalized spacial score (nSPS) is 12.7. The fraction of sp³-hybridized carbons (Fsp3) is 0.250. The number of nitrogen functional groups attached to an aromatic ring is 1. The maximum absolute atomic E-state index is 13.7. The highest BCUT2D eigenvalue weighted by molar-refractivity contribution is 7.15. The first-order valence-corrected chi connectivity index (χ1v) is 6.09. The minimum atomic E-state index is -1.19. The van der Waals surface area contributed by atoms with Gasteiger partial charge in [-0.2, -0.15) is 0 Å². The Morgan fingerprint density at radius 2 is 1.78 bits per heavy atom. The van der Waals surface area contributed by atoms with Crippen molar-refractivity contribution in [3.8, 4) is 0 Å². The predicted molar refractivity (Wildman–Crippen MR) is 65.1 cm³/mol. The largest absolute Gasteiger partial charge is 0.375 e. The summed E-state index contributed by atoms with van der Waals surface area (Å²) in [5.41, 5.74) is 6.34. The molecule has 0 saturated heterocycles. The molecule has 1 aromatic carbocycles. The Balaban J connectivity index is 2.49. The lowest BCUT2D eigenvalue weighted by atomic mass is 9.98. The van der Waals surface area contributed by atoms with E-state index in [-0.39, 0.29) is 5.56 Å². The third-order valence-electron chi connectivity index (χ3n) is 2.75. The molecule has 1 aromatic heterocycles. The van der Waals surface area contributed by atoms with Crippen LogP contribution in [-0.2, 0) is 0 Å². The molecule has 2 rings (SSSR count). The number of benzene rings is 1. The van der Waals surface area contributed by atoms with Gasteiger partial charge in [0.25, 0.3) is 0 Å². The maximum atomic E-state index is 13.7. The van der Waals surface area contributed by atoms with Crippen molar-refractivity contribution in [2.75, 3.05) is 5.73 Å². The van der Waals surface area contributed by atoms with Crippen LogP contribution in [0.15, 0.2) is 12.1 Å². The van der Waals surface area contributed by atoms with E-state index in [0.717, 1.165) is 10.9 Å². The zero-order chi connectivity index (χ0) is 13.4. The molecular formula is C12H11F3N2S. The summed E-state index contributed by atoms with van der Waals surface area (Å²) in [6.07, 6.45) is 0. The highest BCUT2D eigenvalue weighted by Crippen LogP contribution is 2.34. The van der Waals surface area contributed by atoms with Crippen LogP contribution in [0.2, 0.25) is 0 Å². The van der Waals surface area contributed by atoms with Crippen LogP contribution in [0.3, 0.4) is 0 Å². The van der Waals surface area contributed by atoms with Gasteiger partial charge in [-0.15, -0.1) is 11.3 Å². The van der Waals surface area contributed by atoms with Gasteiger partial charge in [-0.1, -0.05) is 6.92 Å². The molecule has 1 unspecified atom stereocenters. The van der Waals surface area contributed by atoms with Crippen molar-refractivity contribution in [3.05, 3.63) is 45.7 Å². The molecule has 1 heterocycles. The van der Waals surface area contributed by atoms with E-state index >= 15 is 0 Å². The van der Waals surface area contributed by atoms with E-state index in [9.17, 15) is 13.2 Å². The van der Waals surface area contributed by atoms with E-state index in [1.54, 1.807) is 13.8 Å². The molecule has 0 radical (unpaired) electrons. The van der Waals surface area contributed by atoms with E-state index in [0.29, 0.717) is 16.9 Å². The quantitative estimate of drug-likeness (QED) is 0.848. The average Bonchev–Trinajstić information content (AvgIpc) is 2.62. The van der Waals surface area contributed by atoms with Gasteiger partial charge in [-0.05, 0) is 18.6 Å². The third-order valence-corrected chi connectivity index (χ3v) is 3.92. The van der Waals surface area contributed by atoms with Gasteiger partial charge in [0, 0.05) is 16.9 Å². The monoisotopic (exact) mass is 272 g/mol. The fourth-order valence-electron chi connectivity index (χ4n) is 1.84. The first-order chi connectivity index (χ1) is 8.40. The molecule has 0 spiro atoms. The van der Waals surface area contributed by atoms with Crippen LogP contribution < -0.4 is 5.73 Å². The van der Waals surface area contributed by atoms with Gasteiger partial charge in [0.15, 0.2) is 16.8 Å². The third kappa shape index (κ3) is 2.20. The van der Waals surface area contributed by atoms with E-state index in [2.05, 4.69) is 4.98 Å². The summed E-state index contributed by atoms with van der Waals surface area (Å²) in [6.45, 7) is 3.45. The Kier molecular flexibility index (Phi) is 3.30. The Labute approximate surface area is 106 Å². The lowest BCUT2D eigenvalue weighted by Crippen LogP contribution is -2.02. The molecule has 0 aliphatic heterocycles. The smallest absolute Gasteiger partial charge is 0.180 e. The Bertz CT molecular complexity index is 595. The first kappa shape index (κ1) is 12.9. The van der Waals surface area contributed by atoms with Crippen molar-refractivity contribution in [3.63, 3.8) is 0 Å². The molecule has 6 heteroatoms. The first-order valence-electron chi connectivity index (χ1n) is 5.27. The summed E-state index contributed by atoms with van der Waals surface area (Å²) < 4.78 is 39.7. The molecule has 2 aromatic rings. The topological polar surface area (TPSA) is 38.9 Å². The van der Waals surface area contributed by atoms with Crippen molar-refractivity contribution in [1.82, 2.24) is 4.98 Å². The minimum absolute atomic E-state index is 0.0978. The number of aryl methyl sites for hydroxylation is 1. The van der Waals surface area contributed by atoms with E-state index < -0.39 is 23.4 Å². The van der Waals surface area contributed by atoms with Gasteiger partial charge in [0.2, 0.25) is 0 Å². The highest BCUT2D eigenvalue weighted by Gasteiger charge is 2.20. The number of hydrogen-bond acceptors (Lipinski definition) is 3. The van der Waals surface area contributed by atoms with Crippen molar-refractivity contribution in [2.45, 2.75) is 19.8 Å². The molecular weight excluding hydrogens is 261 g/mol. The molecule has 18 heavy (non-hydrogen) atoms. The number of thiazole rings is 1. The summed E-state index contributed by atoms with van der Waals surface area (Å²) in [7, 11) is 0. The second-order valence-electron chi connectivity index (χ2n) is 4.01. The number of nitrogens with two attached hydrogens (primary N) is 1. The van der Waals surface area contributed by atoms with Gasteiger partial charge < -0.3 is 5.73 Å². The van der Waals surface area contributed by atoms with Crippen molar-refractivity contribution >= 4 is 16.5 Å². The number of halogens is 3. The van der Waals surface area contributed by atoms with Crippen molar-refractivity contribution < 1.29 is 13.2 Å². The zero-order valence-corrected chi connectivity index (χ0v) is 10.6. The van der Waals surface area contributed by atoms with Crippen LogP contribution >= 0.6 is 11.3 Å². The van der Waals surface area contributed by atoms with Gasteiger partial charge in [0.05, 0.1) is 5.69 Å². The molecule has 0 aliphatic rings. The summed E-state index contributed by atoms with van der Waals surface area (Å²) in [6, 6.07) is 1.44. The molecule has 2 N–H and O–H groups in total. The van der Waals surface area contributed by atoms with Gasteiger partial charge in [0.1, 0.15) is 5.82 Å². The number of rotatable bonds is 2. The molecule has 0 amide bonds. The van der Waals surface area contributed by atoms with Gasteiger partial charge >= 0.3 is 0 Å². The molecule has 2 nitrogen and oxygen atoms in total. The second kappa shape index (κ2) is 4.61. The number of nitrogens with zero attached hydrogens (tertiary/aromatic N) is 1. The fourth-order valence-corrected chi connectivity index (χ4v) is 2.75. The number of aromatic nitrogens is 1. The van der Waals surface area contributed by atoms with Crippen LogP contribution in [0.25, 0.3) is 0 Å². The SMILES string of the molecule is Cc1nc(N)sc1C(C)c1cc(F)c(F)cc1F. The average molecular weight is 272 g/mol. The molecule has 0 fully saturated rings. The number of anilines is 1.